The van der Waals surface area contributed by atoms with Gasteiger partial charge in [0, 0.05) is 0 Å². The van der Waals surface area contributed by atoms with Crippen molar-refractivity contribution < 1.29 is 14.3 Å². The van der Waals surface area contributed by atoms with Crippen molar-refractivity contribution in [2.24, 2.45) is 5.90 Å². The Bertz CT molecular complexity index is 138. The van der Waals surface area contributed by atoms with Crippen LogP contribution in [0.2, 0.25) is 0 Å². The van der Waals surface area contributed by atoms with Crippen molar-refractivity contribution in [1.29, 1.82) is 0 Å². The molecule has 0 amide bonds. The van der Waals surface area contributed by atoms with Gasteiger partial charge in [-0.15, -0.1) is 0 Å². The quantitative estimate of drug-likeness (QED) is 0.596. The molecule has 1 saturated heterocycles. The maximum absolute atomic E-state index is 5.47. The first kappa shape index (κ1) is 8.93. The highest BCUT2D eigenvalue weighted by molar-refractivity contribution is 4.75. The Morgan fingerprint density at radius 3 is 2.64 bits per heavy atom. The lowest BCUT2D eigenvalue weighted by atomic mass is 10.2. The van der Waals surface area contributed by atoms with E-state index in [0.717, 1.165) is 0 Å². The third kappa shape index (κ3) is 2.13. The van der Waals surface area contributed by atoms with Crippen molar-refractivity contribution >= 4 is 0 Å². The summed E-state index contributed by atoms with van der Waals surface area (Å²) in [5, 5.41) is 0. The third-order valence-corrected chi connectivity index (χ3v) is 1.77. The highest BCUT2D eigenvalue weighted by atomic mass is 16.8. The van der Waals surface area contributed by atoms with Crippen molar-refractivity contribution in [3.63, 3.8) is 0 Å². The molecule has 11 heavy (non-hydrogen) atoms. The summed E-state index contributed by atoms with van der Waals surface area (Å²) in [6.07, 6.45) is -0.160. The first-order valence-electron chi connectivity index (χ1n) is 3.72. The molecule has 1 heterocycles. The van der Waals surface area contributed by atoms with Crippen molar-refractivity contribution in [2.45, 2.75) is 38.8 Å². The summed E-state index contributed by atoms with van der Waals surface area (Å²) in [5.74, 6) is 4.52. The van der Waals surface area contributed by atoms with E-state index in [1.54, 1.807) is 0 Å². The molecule has 0 radical (unpaired) electrons. The summed E-state index contributed by atoms with van der Waals surface area (Å²) in [6.45, 7) is 6.15. The van der Waals surface area contributed by atoms with E-state index in [2.05, 4.69) is 4.84 Å². The van der Waals surface area contributed by atoms with E-state index in [0.29, 0.717) is 6.61 Å². The van der Waals surface area contributed by atoms with Crippen LogP contribution >= 0.6 is 0 Å². The average Bonchev–Trinajstić information content (AvgIpc) is 2.29. The maximum Gasteiger partial charge on any atom is 0.163 e. The molecule has 0 aromatic carbocycles. The standard InChI is InChI=1S/C7H15NO3/c1-5(11-8)6-4-9-7(2,3)10-6/h5-6H,4,8H2,1-3H3. The summed E-state index contributed by atoms with van der Waals surface area (Å²) >= 11 is 0. The summed E-state index contributed by atoms with van der Waals surface area (Å²) in [5.41, 5.74) is 0. The Kier molecular flexibility index (Phi) is 2.49. The van der Waals surface area contributed by atoms with Gasteiger partial charge < -0.3 is 9.47 Å². The minimum absolute atomic E-state index is 0.0463. The van der Waals surface area contributed by atoms with E-state index in [-0.39, 0.29) is 12.2 Å². The molecule has 66 valence electrons. The highest BCUT2D eigenvalue weighted by Crippen LogP contribution is 2.24. The smallest absolute Gasteiger partial charge is 0.163 e. The van der Waals surface area contributed by atoms with Crippen molar-refractivity contribution in [3.8, 4) is 0 Å². The van der Waals surface area contributed by atoms with Crippen LogP contribution in [0.3, 0.4) is 0 Å². The SMILES string of the molecule is CC(ON)C1COC(C)(C)O1. The molecule has 1 aliphatic heterocycles. The van der Waals surface area contributed by atoms with Gasteiger partial charge in [-0.3, -0.25) is 4.84 Å². The lowest BCUT2D eigenvalue weighted by molar-refractivity contribution is -0.154. The van der Waals surface area contributed by atoms with Crippen LogP contribution in [-0.4, -0.2) is 24.6 Å². The molecular weight excluding hydrogens is 146 g/mol. The predicted molar refractivity (Wildman–Crippen MR) is 39.6 cm³/mol. The van der Waals surface area contributed by atoms with Gasteiger partial charge in [-0.2, -0.15) is 0 Å². The number of rotatable bonds is 2. The van der Waals surface area contributed by atoms with E-state index >= 15 is 0 Å². The molecule has 0 aromatic rings. The normalized spacial score (nSPS) is 32.2. The Morgan fingerprint density at radius 2 is 2.27 bits per heavy atom. The molecule has 2 atom stereocenters. The summed E-state index contributed by atoms with van der Waals surface area (Å²) < 4.78 is 10.8. The first-order chi connectivity index (χ1) is 5.05. The lowest BCUT2D eigenvalue weighted by Crippen LogP contribution is -2.32. The van der Waals surface area contributed by atoms with Crippen molar-refractivity contribution in [2.75, 3.05) is 6.61 Å². The molecule has 0 aromatic heterocycles. The van der Waals surface area contributed by atoms with E-state index in [1.807, 2.05) is 20.8 Å². The molecule has 0 saturated carbocycles. The molecule has 0 bridgehead atoms. The summed E-state index contributed by atoms with van der Waals surface area (Å²) in [7, 11) is 0. The fraction of sp³-hybridized carbons (Fsp3) is 1.00. The zero-order chi connectivity index (χ0) is 8.48. The summed E-state index contributed by atoms with van der Waals surface area (Å²) in [4.78, 5) is 4.62. The van der Waals surface area contributed by atoms with Crippen LogP contribution in [0.4, 0.5) is 0 Å². The Hall–Kier alpha value is -0.160. The third-order valence-electron chi connectivity index (χ3n) is 1.77. The number of nitrogens with two attached hydrogens (primary N) is 1. The minimum atomic E-state index is -0.489. The van der Waals surface area contributed by atoms with Gasteiger partial charge >= 0.3 is 0 Å². The fourth-order valence-corrected chi connectivity index (χ4v) is 1.03. The van der Waals surface area contributed by atoms with Gasteiger partial charge in [0.2, 0.25) is 0 Å². The number of hydrogen-bond acceptors (Lipinski definition) is 4. The second-order valence-corrected chi connectivity index (χ2v) is 3.21. The van der Waals surface area contributed by atoms with E-state index in [9.17, 15) is 0 Å². The van der Waals surface area contributed by atoms with E-state index < -0.39 is 5.79 Å². The van der Waals surface area contributed by atoms with Crippen LogP contribution in [0, 0.1) is 0 Å². The van der Waals surface area contributed by atoms with Gasteiger partial charge in [0.1, 0.15) is 12.2 Å². The van der Waals surface area contributed by atoms with Crippen LogP contribution in [-0.2, 0) is 14.3 Å². The molecule has 1 aliphatic rings. The predicted octanol–water partition coefficient (Wildman–Crippen LogP) is 0.417. The molecule has 1 fully saturated rings. The monoisotopic (exact) mass is 161 g/mol. The molecule has 2 unspecified atom stereocenters. The second-order valence-electron chi connectivity index (χ2n) is 3.21. The average molecular weight is 161 g/mol. The van der Waals surface area contributed by atoms with E-state index in [1.165, 1.54) is 0 Å². The Balaban J connectivity index is 2.41. The van der Waals surface area contributed by atoms with Crippen molar-refractivity contribution in [1.82, 2.24) is 0 Å². The number of ether oxygens (including phenoxy) is 2. The van der Waals surface area contributed by atoms with Gasteiger partial charge in [0.05, 0.1) is 6.61 Å². The molecular formula is C7H15NO3. The number of hydrogen-bond donors (Lipinski definition) is 1. The fourth-order valence-electron chi connectivity index (χ4n) is 1.03. The zero-order valence-corrected chi connectivity index (χ0v) is 7.16. The first-order valence-corrected chi connectivity index (χ1v) is 3.72. The van der Waals surface area contributed by atoms with Crippen LogP contribution < -0.4 is 5.90 Å². The van der Waals surface area contributed by atoms with Gasteiger partial charge in [-0.05, 0) is 20.8 Å². The van der Waals surface area contributed by atoms with Crippen LogP contribution in [0.1, 0.15) is 20.8 Å². The van der Waals surface area contributed by atoms with Crippen LogP contribution in [0.5, 0.6) is 0 Å². The molecule has 0 spiro atoms. The molecule has 4 heteroatoms. The van der Waals surface area contributed by atoms with Gasteiger partial charge in [-0.25, -0.2) is 5.90 Å². The maximum atomic E-state index is 5.47. The summed E-state index contributed by atoms with van der Waals surface area (Å²) in [6, 6.07) is 0. The molecule has 1 rings (SSSR count). The van der Waals surface area contributed by atoms with Gasteiger partial charge in [0.15, 0.2) is 5.79 Å². The lowest BCUT2D eigenvalue weighted by Gasteiger charge is -2.19. The molecule has 0 aliphatic carbocycles. The molecule has 2 N–H and O–H groups in total. The van der Waals surface area contributed by atoms with Crippen molar-refractivity contribution in [3.05, 3.63) is 0 Å². The Morgan fingerprint density at radius 1 is 1.64 bits per heavy atom. The largest absolute Gasteiger partial charge is 0.348 e. The van der Waals surface area contributed by atoms with Crippen LogP contribution in [0.25, 0.3) is 0 Å². The van der Waals surface area contributed by atoms with Crippen LogP contribution in [0.15, 0.2) is 0 Å². The zero-order valence-electron chi connectivity index (χ0n) is 7.16. The molecule has 4 nitrogen and oxygen atoms in total. The topological polar surface area (TPSA) is 53.7 Å². The van der Waals surface area contributed by atoms with Gasteiger partial charge in [0.25, 0.3) is 0 Å². The van der Waals surface area contributed by atoms with Gasteiger partial charge in [-0.1, -0.05) is 0 Å². The Labute approximate surface area is 66.6 Å². The van der Waals surface area contributed by atoms with E-state index in [4.69, 9.17) is 15.4 Å². The minimum Gasteiger partial charge on any atom is -0.348 e. The highest BCUT2D eigenvalue weighted by Gasteiger charge is 2.35. The second kappa shape index (κ2) is 3.06.